The second-order valence-corrected chi connectivity index (χ2v) is 4.66. The van der Waals surface area contributed by atoms with Gasteiger partial charge in [0.1, 0.15) is 0 Å². The van der Waals surface area contributed by atoms with Crippen molar-refractivity contribution < 1.29 is 5.11 Å². The van der Waals surface area contributed by atoms with Crippen molar-refractivity contribution in [3.05, 3.63) is 18.0 Å². The molecule has 1 atom stereocenters. The zero-order valence-electron chi connectivity index (χ0n) is 9.98. The molecule has 86 valence electrons. The van der Waals surface area contributed by atoms with Gasteiger partial charge in [-0.05, 0) is 37.2 Å². The summed E-state index contributed by atoms with van der Waals surface area (Å²) >= 11 is 0. The van der Waals surface area contributed by atoms with Gasteiger partial charge < -0.3 is 5.11 Å². The van der Waals surface area contributed by atoms with E-state index < -0.39 is 0 Å². The summed E-state index contributed by atoms with van der Waals surface area (Å²) in [6.07, 6.45) is 4.99. The van der Waals surface area contributed by atoms with Crippen molar-refractivity contribution in [1.29, 1.82) is 0 Å². The molecule has 0 aromatic carbocycles. The molecule has 1 aromatic rings. The van der Waals surface area contributed by atoms with Gasteiger partial charge in [0.2, 0.25) is 0 Å². The Hall–Kier alpha value is -0.830. The van der Waals surface area contributed by atoms with Crippen LogP contribution in [0.4, 0.5) is 0 Å². The smallest absolute Gasteiger partial charge is 0.0492 e. The zero-order chi connectivity index (χ0) is 11.3. The maximum Gasteiger partial charge on any atom is 0.0492 e. The Morgan fingerprint density at radius 3 is 2.67 bits per heavy atom. The molecule has 3 nitrogen and oxygen atoms in total. The Labute approximate surface area is 92.1 Å². The van der Waals surface area contributed by atoms with E-state index >= 15 is 0 Å². The number of aryl methyl sites for hydroxylation is 2. The first-order chi connectivity index (χ1) is 7.13. The minimum Gasteiger partial charge on any atom is -0.396 e. The molecule has 1 unspecified atom stereocenters. The largest absolute Gasteiger partial charge is 0.396 e. The summed E-state index contributed by atoms with van der Waals surface area (Å²) in [4.78, 5) is 0. The van der Waals surface area contributed by atoms with E-state index in [1.165, 1.54) is 5.69 Å². The van der Waals surface area contributed by atoms with Crippen LogP contribution >= 0.6 is 0 Å². The molecule has 0 aliphatic heterocycles. The van der Waals surface area contributed by atoms with Gasteiger partial charge in [0.15, 0.2) is 0 Å². The molecule has 0 bridgehead atoms. The van der Waals surface area contributed by atoms with Crippen LogP contribution in [0.5, 0.6) is 0 Å². The molecule has 0 aliphatic rings. The van der Waals surface area contributed by atoms with Crippen LogP contribution in [0.15, 0.2) is 12.3 Å². The predicted molar refractivity (Wildman–Crippen MR) is 61.6 cm³/mol. The fourth-order valence-electron chi connectivity index (χ4n) is 1.95. The monoisotopic (exact) mass is 210 g/mol. The van der Waals surface area contributed by atoms with Crippen LogP contribution in [0, 0.1) is 11.8 Å². The Bertz CT molecular complexity index is 281. The fraction of sp³-hybridized carbons (Fsp3) is 0.750. The van der Waals surface area contributed by atoms with Crippen molar-refractivity contribution >= 4 is 0 Å². The Morgan fingerprint density at radius 2 is 2.20 bits per heavy atom. The first kappa shape index (κ1) is 12.2. The standard InChI is InChI=1S/C12H22N2O/c1-10(2)8-11(9-15)4-5-12-6-7-13-14(12)3/h6-7,10-11,15H,4-5,8-9H2,1-3H3. The molecule has 0 saturated carbocycles. The Morgan fingerprint density at radius 1 is 1.47 bits per heavy atom. The minimum absolute atomic E-state index is 0.302. The Kier molecular flexibility index (Phi) is 4.82. The van der Waals surface area contributed by atoms with Gasteiger partial charge in [-0.3, -0.25) is 4.68 Å². The summed E-state index contributed by atoms with van der Waals surface area (Å²) in [7, 11) is 1.96. The quantitative estimate of drug-likeness (QED) is 0.780. The second kappa shape index (κ2) is 5.91. The van der Waals surface area contributed by atoms with E-state index in [1.807, 2.05) is 24.0 Å². The summed E-state index contributed by atoms with van der Waals surface area (Å²) in [5.41, 5.74) is 1.25. The highest BCUT2D eigenvalue weighted by molar-refractivity contribution is 4.99. The van der Waals surface area contributed by atoms with E-state index in [4.69, 9.17) is 0 Å². The molecule has 0 spiro atoms. The van der Waals surface area contributed by atoms with Crippen molar-refractivity contribution in [2.45, 2.75) is 33.1 Å². The normalized spacial score (nSPS) is 13.4. The SMILES string of the molecule is CC(C)CC(CO)CCc1ccnn1C. The molecular weight excluding hydrogens is 188 g/mol. The van der Waals surface area contributed by atoms with Gasteiger partial charge in [0, 0.05) is 25.5 Å². The van der Waals surface area contributed by atoms with Gasteiger partial charge >= 0.3 is 0 Å². The molecule has 1 heterocycles. The first-order valence-corrected chi connectivity index (χ1v) is 5.71. The van der Waals surface area contributed by atoms with Gasteiger partial charge in [0.25, 0.3) is 0 Å². The van der Waals surface area contributed by atoms with Crippen molar-refractivity contribution in [2.24, 2.45) is 18.9 Å². The number of aliphatic hydroxyl groups is 1. The van der Waals surface area contributed by atoms with Gasteiger partial charge in [-0.15, -0.1) is 0 Å². The van der Waals surface area contributed by atoms with E-state index in [9.17, 15) is 5.11 Å². The number of aromatic nitrogens is 2. The van der Waals surface area contributed by atoms with Crippen LogP contribution in [-0.2, 0) is 13.5 Å². The van der Waals surface area contributed by atoms with Crippen LogP contribution in [0.3, 0.4) is 0 Å². The summed E-state index contributed by atoms with van der Waals surface area (Å²) in [6.45, 7) is 4.70. The molecule has 1 N–H and O–H groups in total. The molecule has 1 rings (SSSR count). The number of nitrogens with zero attached hydrogens (tertiary/aromatic N) is 2. The van der Waals surface area contributed by atoms with Crippen LogP contribution in [0.25, 0.3) is 0 Å². The number of aliphatic hydroxyl groups excluding tert-OH is 1. The molecule has 0 radical (unpaired) electrons. The van der Waals surface area contributed by atoms with E-state index in [0.29, 0.717) is 18.4 Å². The summed E-state index contributed by atoms with van der Waals surface area (Å²) < 4.78 is 1.91. The molecule has 0 amide bonds. The average molecular weight is 210 g/mol. The third-order valence-electron chi connectivity index (χ3n) is 2.79. The molecule has 3 heteroatoms. The maximum absolute atomic E-state index is 9.25. The highest BCUT2D eigenvalue weighted by Gasteiger charge is 2.10. The fourth-order valence-corrected chi connectivity index (χ4v) is 1.95. The van der Waals surface area contributed by atoms with Crippen molar-refractivity contribution in [3.8, 4) is 0 Å². The summed E-state index contributed by atoms with van der Waals surface area (Å²) in [5.74, 6) is 1.09. The summed E-state index contributed by atoms with van der Waals surface area (Å²) in [6, 6.07) is 2.05. The molecule has 15 heavy (non-hydrogen) atoms. The van der Waals surface area contributed by atoms with Gasteiger partial charge in [-0.1, -0.05) is 13.8 Å². The average Bonchev–Trinajstić information content (AvgIpc) is 2.58. The highest BCUT2D eigenvalue weighted by atomic mass is 16.3. The number of rotatable bonds is 6. The molecule has 0 fully saturated rings. The van der Waals surface area contributed by atoms with Crippen molar-refractivity contribution in [2.75, 3.05) is 6.61 Å². The van der Waals surface area contributed by atoms with Gasteiger partial charge in [-0.2, -0.15) is 5.10 Å². The van der Waals surface area contributed by atoms with Crippen molar-refractivity contribution in [1.82, 2.24) is 9.78 Å². The van der Waals surface area contributed by atoms with Crippen LogP contribution in [-0.4, -0.2) is 21.5 Å². The van der Waals surface area contributed by atoms with E-state index in [0.717, 1.165) is 19.3 Å². The zero-order valence-corrected chi connectivity index (χ0v) is 9.98. The van der Waals surface area contributed by atoms with Gasteiger partial charge in [0.05, 0.1) is 0 Å². The van der Waals surface area contributed by atoms with Crippen molar-refractivity contribution in [3.63, 3.8) is 0 Å². The third-order valence-corrected chi connectivity index (χ3v) is 2.79. The molecular formula is C12H22N2O. The maximum atomic E-state index is 9.25. The Balaban J connectivity index is 2.37. The molecule has 1 aromatic heterocycles. The lowest BCUT2D eigenvalue weighted by Crippen LogP contribution is -2.11. The predicted octanol–water partition coefficient (Wildman–Crippen LogP) is 2.01. The molecule has 0 saturated heterocycles. The van der Waals surface area contributed by atoms with E-state index in [2.05, 4.69) is 18.9 Å². The topological polar surface area (TPSA) is 38.1 Å². The third kappa shape index (κ3) is 4.04. The lowest BCUT2D eigenvalue weighted by atomic mass is 9.93. The van der Waals surface area contributed by atoms with Crippen LogP contribution < -0.4 is 0 Å². The van der Waals surface area contributed by atoms with Crippen LogP contribution in [0.1, 0.15) is 32.4 Å². The molecule has 0 aliphatic carbocycles. The van der Waals surface area contributed by atoms with E-state index in [-0.39, 0.29) is 0 Å². The first-order valence-electron chi connectivity index (χ1n) is 5.71. The lowest BCUT2D eigenvalue weighted by Gasteiger charge is -2.16. The van der Waals surface area contributed by atoms with Gasteiger partial charge in [-0.25, -0.2) is 0 Å². The second-order valence-electron chi connectivity index (χ2n) is 4.66. The highest BCUT2D eigenvalue weighted by Crippen LogP contribution is 2.17. The van der Waals surface area contributed by atoms with Crippen LogP contribution in [0.2, 0.25) is 0 Å². The minimum atomic E-state index is 0.302. The summed E-state index contributed by atoms with van der Waals surface area (Å²) in [5, 5.41) is 13.4. The van der Waals surface area contributed by atoms with E-state index in [1.54, 1.807) is 0 Å². The number of hydrogen-bond acceptors (Lipinski definition) is 2. The lowest BCUT2D eigenvalue weighted by molar-refractivity contribution is 0.197. The number of hydrogen-bond donors (Lipinski definition) is 1.